The number of ether oxygens (including phenoxy) is 1. The van der Waals surface area contributed by atoms with Gasteiger partial charge in [0.2, 0.25) is 0 Å². The van der Waals surface area contributed by atoms with Crippen LogP contribution in [0.4, 0.5) is 0 Å². The Labute approximate surface area is 182 Å². The van der Waals surface area contributed by atoms with E-state index in [0.717, 1.165) is 10.5 Å². The zero-order valence-electron chi connectivity index (χ0n) is 18.3. The summed E-state index contributed by atoms with van der Waals surface area (Å²) in [4.78, 5) is 51.9. The molecular weight excluding hydrogens is 394 g/mol. The fraction of sp³-hybridized carbons (Fsp3) is 0.360. The van der Waals surface area contributed by atoms with Crippen molar-refractivity contribution >= 4 is 23.6 Å². The minimum absolute atomic E-state index is 0.0288. The number of hydrogen-bond acceptors (Lipinski definition) is 5. The van der Waals surface area contributed by atoms with Gasteiger partial charge in [0.05, 0.1) is 11.1 Å². The van der Waals surface area contributed by atoms with E-state index in [1.165, 1.54) is 0 Å². The first kappa shape index (κ1) is 22.4. The van der Waals surface area contributed by atoms with Gasteiger partial charge < -0.3 is 4.74 Å². The Morgan fingerprint density at radius 3 is 1.90 bits per heavy atom. The second-order valence-corrected chi connectivity index (χ2v) is 8.48. The second-order valence-electron chi connectivity index (χ2n) is 8.48. The predicted molar refractivity (Wildman–Crippen MR) is 116 cm³/mol. The molecule has 0 aliphatic carbocycles. The molecule has 1 unspecified atom stereocenters. The van der Waals surface area contributed by atoms with Gasteiger partial charge >= 0.3 is 5.97 Å². The number of fused-ring (bicyclic) bond motifs is 1. The number of nitrogens with zero attached hydrogens (tertiary/aromatic N) is 1. The molecule has 31 heavy (non-hydrogen) atoms. The van der Waals surface area contributed by atoms with Gasteiger partial charge in [-0.05, 0) is 36.0 Å². The topological polar surface area (TPSA) is 80.8 Å². The van der Waals surface area contributed by atoms with E-state index in [1.807, 2.05) is 26.0 Å². The van der Waals surface area contributed by atoms with Crippen LogP contribution in [-0.4, -0.2) is 41.1 Å². The average molecular weight is 421 g/mol. The van der Waals surface area contributed by atoms with Crippen LogP contribution in [0.25, 0.3) is 0 Å². The molecule has 0 fully saturated rings. The molecule has 3 rings (SSSR count). The zero-order valence-corrected chi connectivity index (χ0v) is 18.3. The molecule has 0 spiro atoms. The van der Waals surface area contributed by atoms with Crippen LogP contribution in [0.1, 0.15) is 76.7 Å². The van der Waals surface area contributed by atoms with Crippen LogP contribution >= 0.6 is 0 Å². The summed E-state index contributed by atoms with van der Waals surface area (Å²) in [5.41, 5.74) is 2.10. The third-order valence-corrected chi connectivity index (χ3v) is 5.35. The Morgan fingerprint density at radius 2 is 1.42 bits per heavy atom. The van der Waals surface area contributed by atoms with Crippen LogP contribution in [0.15, 0.2) is 48.5 Å². The number of ketones is 1. The van der Waals surface area contributed by atoms with Crippen LogP contribution in [0.2, 0.25) is 0 Å². The smallest absolute Gasteiger partial charge is 0.329 e. The Morgan fingerprint density at radius 1 is 0.871 bits per heavy atom. The fourth-order valence-corrected chi connectivity index (χ4v) is 3.61. The van der Waals surface area contributed by atoms with Gasteiger partial charge in [-0.1, -0.05) is 64.1 Å². The van der Waals surface area contributed by atoms with Crippen LogP contribution in [0.5, 0.6) is 0 Å². The highest BCUT2D eigenvalue weighted by Gasteiger charge is 2.43. The molecule has 6 nitrogen and oxygen atoms in total. The summed E-state index contributed by atoms with van der Waals surface area (Å²) in [5, 5.41) is 0. The van der Waals surface area contributed by atoms with Crippen LogP contribution in [-0.2, 0) is 9.53 Å². The van der Waals surface area contributed by atoms with Gasteiger partial charge in [-0.15, -0.1) is 0 Å². The molecule has 0 bridgehead atoms. The lowest BCUT2D eigenvalue weighted by atomic mass is 10.0. The highest BCUT2D eigenvalue weighted by atomic mass is 16.5. The molecule has 2 aromatic carbocycles. The maximum Gasteiger partial charge on any atom is 0.329 e. The molecule has 0 saturated heterocycles. The van der Waals surface area contributed by atoms with Crippen LogP contribution in [0, 0.1) is 5.92 Å². The molecule has 1 aliphatic rings. The molecular formula is C25H27NO5. The van der Waals surface area contributed by atoms with Crippen molar-refractivity contribution < 1.29 is 23.9 Å². The van der Waals surface area contributed by atoms with Gasteiger partial charge in [0, 0.05) is 5.56 Å². The quantitative estimate of drug-likeness (QED) is 0.362. The molecule has 162 valence electrons. The lowest BCUT2D eigenvalue weighted by Gasteiger charge is -2.25. The average Bonchev–Trinajstić information content (AvgIpc) is 3.00. The Bertz CT molecular complexity index is 972. The third-order valence-electron chi connectivity index (χ3n) is 5.35. The Balaban J connectivity index is 1.73. The first-order valence-electron chi connectivity index (χ1n) is 10.5. The molecule has 1 atom stereocenters. The van der Waals surface area contributed by atoms with Crippen LogP contribution < -0.4 is 0 Å². The minimum atomic E-state index is -1.08. The standard InChI is InChI=1S/C25H27NO5/c1-15(2)13-21(26-23(28)19-7-5-6-8-20(19)24(26)29)25(30)31-14-22(27)18-11-9-17(10-12-18)16(3)4/h5-12,15-16,21H,13-14H2,1-4H3. The van der Waals surface area contributed by atoms with Crippen molar-refractivity contribution in [1.82, 2.24) is 4.90 Å². The number of Topliss-reactive ketones (excluding diaryl/α,β-unsaturated/α-hetero) is 1. The van der Waals surface area contributed by atoms with E-state index in [2.05, 4.69) is 13.8 Å². The summed E-state index contributed by atoms with van der Waals surface area (Å²) in [6, 6.07) is 12.6. The number of imide groups is 1. The Hall–Kier alpha value is -3.28. The van der Waals surface area contributed by atoms with Crippen molar-refractivity contribution in [2.45, 2.75) is 46.1 Å². The molecule has 0 aromatic heterocycles. The first-order valence-corrected chi connectivity index (χ1v) is 10.5. The lowest BCUT2D eigenvalue weighted by molar-refractivity contribution is -0.147. The highest BCUT2D eigenvalue weighted by molar-refractivity contribution is 6.22. The molecule has 2 amide bonds. The highest BCUT2D eigenvalue weighted by Crippen LogP contribution is 2.27. The summed E-state index contributed by atoms with van der Waals surface area (Å²) in [6.45, 7) is 7.46. The number of carbonyl (C=O) groups is 4. The number of carbonyl (C=O) groups excluding carboxylic acids is 4. The Kier molecular flexibility index (Phi) is 6.68. The fourth-order valence-electron chi connectivity index (χ4n) is 3.61. The van der Waals surface area contributed by atoms with E-state index in [9.17, 15) is 19.2 Å². The summed E-state index contributed by atoms with van der Waals surface area (Å²) in [5.74, 6) is -1.75. The minimum Gasteiger partial charge on any atom is -0.456 e. The van der Waals surface area contributed by atoms with Crippen LogP contribution in [0.3, 0.4) is 0 Å². The number of rotatable bonds is 8. The van der Waals surface area contributed by atoms with Gasteiger partial charge in [-0.25, -0.2) is 4.79 Å². The molecule has 1 heterocycles. The predicted octanol–water partition coefficient (Wildman–Crippen LogP) is 4.25. The van der Waals surface area contributed by atoms with Crippen molar-refractivity contribution in [2.75, 3.05) is 6.61 Å². The summed E-state index contributed by atoms with van der Waals surface area (Å²) >= 11 is 0. The molecule has 0 radical (unpaired) electrons. The van der Waals surface area contributed by atoms with E-state index >= 15 is 0 Å². The van der Waals surface area contributed by atoms with E-state index in [-0.39, 0.29) is 29.2 Å². The van der Waals surface area contributed by atoms with Crippen molar-refractivity contribution in [1.29, 1.82) is 0 Å². The van der Waals surface area contributed by atoms with Crippen molar-refractivity contribution in [2.24, 2.45) is 5.92 Å². The van der Waals surface area contributed by atoms with Crippen molar-refractivity contribution in [3.63, 3.8) is 0 Å². The largest absolute Gasteiger partial charge is 0.456 e. The maximum atomic E-state index is 12.9. The SMILES string of the molecule is CC(C)CC(C(=O)OCC(=O)c1ccc(C(C)C)cc1)N1C(=O)c2ccccc2C1=O. The van der Waals surface area contributed by atoms with Gasteiger partial charge in [0.1, 0.15) is 6.04 Å². The van der Waals surface area contributed by atoms with Gasteiger partial charge in [0.25, 0.3) is 11.8 Å². The third kappa shape index (κ3) is 4.74. The zero-order chi connectivity index (χ0) is 22.7. The monoisotopic (exact) mass is 421 g/mol. The van der Waals surface area contributed by atoms with E-state index < -0.39 is 30.4 Å². The number of hydrogen-bond donors (Lipinski definition) is 0. The molecule has 1 aliphatic heterocycles. The lowest BCUT2D eigenvalue weighted by Crippen LogP contribution is -2.46. The number of esters is 1. The normalized spacial score (nSPS) is 14.2. The maximum absolute atomic E-state index is 12.9. The van der Waals surface area contributed by atoms with E-state index in [1.54, 1.807) is 36.4 Å². The van der Waals surface area contributed by atoms with E-state index in [0.29, 0.717) is 11.5 Å². The summed E-state index contributed by atoms with van der Waals surface area (Å²) < 4.78 is 5.27. The summed E-state index contributed by atoms with van der Waals surface area (Å²) in [6.07, 6.45) is 0.252. The molecule has 6 heteroatoms. The van der Waals surface area contributed by atoms with Gasteiger partial charge in [-0.3, -0.25) is 19.3 Å². The molecule has 0 N–H and O–H groups in total. The van der Waals surface area contributed by atoms with E-state index in [4.69, 9.17) is 4.74 Å². The van der Waals surface area contributed by atoms with Crippen molar-refractivity contribution in [3.8, 4) is 0 Å². The van der Waals surface area contributed by atoms with Crippen molar-refractivity contribution in [3.05, 3.63) is 70.8 Å². The molecule has 0 saturated carbocycles. The first-order chi connectivity index (χ1) is 14.7. The number of benzene rings is 2. The second kappa shape index (κ2) is 9.25. The van der Waals surface area contributed by atoms with Gasteiger partial charge in [0.15, 0.2) is 12.4 Å². The van der Waals surface area contributed by atoms with Gasteiger partial charge in [-0.2, -0.15) is 0 Å². The number of amides is 2. The summed E-state index contributed by atoms with van der Waals surface area (Å²) in [7, 11) is 0. The molecule has 2 aromatic rings.